The Morgan fingerprint density at radius 3 is 2.25 bits per heavy atom. The van der Waals surface area contributed by atoms with Crippen molar-refractivity contribution in [2.75, 3.05) is 10.8 Å². The van der Waals surface area contributed by atoms with E-state index in [1.54, 1.807) is 18.2 Å². The third kappa shape index (κ3) is 5.40. The Balaban J connectivity index is 2.48. The van der Waals surface area contributed by atoms with Crippen LogP contribution in [0.25, 0.3) is 0 Å². The highest BCUT2D eigenvalue weighted by molar-refractivity contribution is 7.92. The van der Waals surface area contributed by atoms with Gasteiger partial charge in [0, 0.05) is 11.1 Å². The smallest absolute Gasteiger partial charge is 0.264 e. The maximum Gasteiger partial charge on any atom is 0.264 e. The molecule has 0 bridgehead atoms. The molecule has 0 saturated heterocycles. The molecule has 0 aliphatic carbocycles. The second kappa shape index (κ2) is 9.16. The molecule has 0 aromatic heterocycles. The van der Waals surface area contributed by atoms with E-state index in [1.165, 1.54) is 24.3 Å². The quantitative estimate of drug-likeness (QED) is 0.677. The van der Waals surface area contributed by atoms with Crippen LogP contribution in [0.4, 0.5) is 5.69 Å². The molecule has 8 heteroatoms. The zero-order valence-corrected chi connectivity index (χ0v) is 18.6. The molecule has 152 valence electrons. The zero-order chi connectivity index (χ0) is 21.1. The topological polar surface area (TPSA) is 66.5 Å². The predicted molar refractivity (Wildman–Crippen MR) is 115 cm³/mol. The Kier molecular flexibility index (Phi) is 7.37. The maximum atomic E-state index is 13.3. The number of aryl methyl sites for hydroxylation is 1. The summed E-state index contributed by atoms with van der Waals surface area (Å²) in [5.41, 5.74) is 1.08. The Bertz CT molecular complexity index is 944. The van der Waals surface area contributed by atoms with Crippen molar-refractivity contribution in [3.05, 3.63) is 58.1 Å². The van der Waals surface area contributed by atoms with Gasteiger partial charge in [-0.15, -0.1) is 0 Å². The van der Waals surface area contributed by atoms with Crippen molar-refractivity contribution in [2.24, 2.45) is 5.92 Å². The Morgan fingerprint density at radius 1 is 1.07 bits per heavy atom. The highest BCUT2D eigenvalue weighted by Gasteiger charge is 2.29. The number of rotatable bonds is 7. The summed E-state index contributed by atoms with van der Waals surface area (Å²) in [6.07, 6.45) is 0. The lowest BCUT2D eigenvalue weighted by molar-refractivity contribution is -0.120. The third-order valence-electron chi connectivity index (χ3n) is 4.46. The van der Waals surface area contributed by atoms with E-state index < -0.39 is 22.5 Å². The van der Waals surface area contributed by atoms with Crippen molar-refractivity contribution in [1.29, 1.82) is 0 Å². The van der Waals surface area contributed by atoms with Gasteiger partial charge in [0.05, 0.1) is 15.6 Å². The summed E-state index contributed by atoms with van der Waals surface area (Å²) >= 11 is 12.3. The van der Waals surface area contributed by atoms with E-state index >= 15 is 0 Å². The number of benzene rings is 2. The maximum absolute atomic E-state index is 13.3. The van der Waals surface area contributed by atoms with Gasteiger partial charge >= 0.3 is 0 Å². The monoisotopic (exact) mass is 442 g/mol. The van der Waals surface area contributed by atoms with Gasteiger partial charge in [0.2, 0.25) is 5.91 Å². The van der Waals surface area contributed by atoms with Crippen LogP contribution in [0.1, 0.15) is 26.3 Å². The molecule has 2 aromatic rings. The lowest BCUT2D eigenvalue weighted by atomic mass is 10.1. The molecular weight excluding hydrogens is 419 g/mol. The van der Waals surface area contributed by atoms with Crippen LogP contribution >= 0.6 is 23.2 Å². The molecule has 0 radical (unpaired) electrons. The fourth-order valence-corrected chi connectivity index (χ4v) is 4.28. The van der Waals surface area contributed by atoms with Gasteiger partial charge in [-0.1, -0.05) is 54.7 Å². The van der Waals surface area contributed by atoms with Crippen LogP contribution in [-0.4, -0.2) is 26.9 Å². The molecule has 0 aliphatic heterocycles. The van der Waals surface area contributed by atoms with Crippen LogP contribution < -0.4 is 9.62 Å². The average molecular weight is 443 g/mol. The van der Waals surface area contributed by atoms with Gasteiger partial charge in [0.1, 0.15) is 6.54 Å². The van der Waals surface area contributed by atoms with Gasteiger partial charge in [-0.2, -0.15) is 0 Å². The summed E-state index contributed by atoms with van der Waals surface area (Å²) in [4.78, 5) is 12.6. The third-order valence-corrected chi connectivity index (χ3v) is 6.79. The number of halogens is 2. The van der Waals surface area contributed by atoms with Gasteiger partial charge < -0.3 is 5.32 Å². The first-order valence-corrected chi connectivity index (χ1v) is 11.1. The SMILES string of the molecule is Cc1ccc(S(=O)(=O)N(CC(=O)NC(C)C(C)C)c2cc(Cl)ccc2Cl)cc1. The Hall–Kier alpha value is -1.76. The summed E-state index contributed by atoms with van der Waals surface area (Å²) < 4.78 is 27.6. The number of hydrogen-bond acceptors (Lipinski definition) is 3. The number of sulfonamides is 1. The molecule has 0 fully saturated rings. The molecule has 28 heavy (non-hydrogen) atoms. The molecule has 2 aromatic carbocycles. The standard InChI is InChI=1S/C20H24Cl2N2O3S/c1-13(2)15(4)23-20(25)12-24(19-11-16(21)7-10-18(19)22)28(26,27)17-8-5-14(3)6-9-17/h5-11,13,15H,12H2,1-4H3,(H,23,25). The first-order chi connectivity index (χ1) is 13.0. The first-order valence-electron chi connectivity index (χ1n) is 8.86. The van der Waals surface area contributed by atoms with E-state index in [4.69, 9.17) is 23.2 Å². The number of anilines is 1. The highest BCUT2D eigenvalue weighted by Crippen LogP contribution is 2.33. The summed E-state index contributed by atoms with van der Waals surface area (Å²) in [5.74, 6) is -0.214. The molecule has 1 amide bonds. The van der Waals surface area contributed by atoms with Crippen LogP contribution in [0.2, 0.25) is 10.0 Å². The Labute approximate surface area is 176 Å². The minimum atomic E-state index is -4.03. The second-order valence-electron chi connectivity index (χ2n) is 7.02. The second-order valence-corrected chi connectivity index (χ2v) is 9.73. The number of hydrogen-bond donors (Lipinski definition) is 1. The molecule has 0 aliphatic rings. The van der Waals surface area contributed by atoms with E-state index in [0.717, 1.165) is 9.87 Å². The van der Waals surface area contributed by atoms with Crippen LogP contribution in [0.3, 0.4) is 0 Å². The van der Waals surface area contributed by atoms with Crippen molar-refractivity contribution < 1.29 is 13.2 Å². The lowest BCUT2D eigenvalue weighted by Gasteiger charge is -2.26. The van der Waals surface area contributed by atoms with Gasteiger partial charge in [-0.25, -0.2) is 8.42 Å². The van der Waals surface area contributed by atoms with Crippen LogP contribution in [-0.2, 0) is 14.8 Å². The van der Waals surface area contributed by atoms with Crippen molar-refractivity contribution in [3.8, 4) is 0 Å². The zero-order valence-electron chi connectivity index (χ0n) is 16.2. The van der Waals surface area contributed by atoms with Crippen molar-refractivity contribution >= 4 is 44.8 Å². The van der Waals surface area contributed by atoms with Gasteiger partial charge in [0.15, 0.2) is 0 Å². The van der Waals surface area contributed by atoms with Crippen molar-refractivity contribution in [1.82, 2.24) is 5.32 Å². The average Bonchev–Trinajstić information content (AvgIpc) is 2.62. The normalized spacial score (nSPS) is 12.7. The number of nitrogens with one attached hydrogen (secondary N) is 1. The van der Waals surface area contributed by atoms with Gasteiger partial charge in [-0.3, -0.25) is 9.10 Å². The molecule has 0 saturated carbocycles. The molecule has 1 N–H and O–H groups in total. The molecule has 0 spiro atoms. The van der Waals surface area contributed by atoms with E-state index in [2.05, 4.69) is 5.32 Å². The highest BCUT2D eigenvalue weighted by atomic mass is 35.5. The largest absolute Gasteiger partial charge is 0.352 e. The van der Waals surface area contributed by atoms with E-state index in [0.29, 0.717) is 5.02 Å². The summed E-state index contributed by atoms with van der Waals surface area (Å²) in [5, 5.41) is 3.33. The van der Waals surface area contributed by atoms with Gasteiger partial charge in [0.25, 0.3) is 10.0 Å². The first kappa shape index (κ1) is 22.5. The van der Waals surface area contributed by atoms with Crippen LogP contribution in [0, 0.1) is 12.8 Å². The van der Waals surface area contributed by atoms with Crippen molar-refractivity contribution in [3.63, 3.8) is 0 Å². The van der Waals surface area contributed by atoms with E-state index in [9.17, 15) is 13.2 Å². The van der Waals surface area contributed by atoms with E-state index in [1.807, 2.05) is 27.7 Å². The lowest BCUT2D eigenvalue weighted by Crippen LogP contribution is -2.45. The van der Waals surface area contributed by atoms with Gasteiger partial charge in [-0.05, 0) is 50.1 Å². The van der Waals surface area contributed by atoms with E-state index in [-0.39, 0.29) is 27.6 Å². The van der Waals surface area contributed by atoms with Crippen LogP contribution in [0.15, 0.2) is 47.4 Å². The molecular formula is C20H24Cl2N2O3S. The number of carbonyl (C=O) groups is 1. The number of amides is 1. The minimum absolute atomic E-state index is 0.0684. The summed E-state index contributed by atoms with van der Waals surface area (Å²) in [7, 11) is -4.03. The summed E-state index contributed by atoms with van der Waals surface area (Å²) in [6, 6.07) is 10.8. The molecule has 5 nitrogen and oxygen atoms in total. The fraction of sp³-hybridized carbons (Fsp3) is 0.350. The summed E-state index contributed by atoms with van der Waals surface area (Å²) in [6.45, 7) is 7.27. The molecule has 1 atom stereocenters. The number of carbonyl (C=O) groups excluding carboxylic acids is 1. The van der Waals surface area contributed by atoms with Crippen LogP contribution in [0.5, 0.6) is 0 Å². The molecule has 0 heterocycles. The fourth-order valence-electron chi connectivity index (χ4n) is 2.41. The Morgan fingerprint density at radius 2 is 1.68 bits per heavy atom. The molecule has 1 unspecified atom stereocenters. The van der Waals surface area contributed by atoms with Crippen molar-refractivity contribution in [2.45, 2.75) is 38.6 Å². The predicted octanol–water partition coefficient (Wildman–Crippen LogP) is 4.66. The number of nitrogens with zero attached hydrogens (tertiary/aromatic N) is 1. The molecule has 2 rings (SSSR count). The minimum Gasteiger partial charge on any atom is -0.352 e.